The van der Waals surface area contributed by atoms with Crippen molar-refractivity contribution in [1.29, 1.82) is 0 Å². The summed E-state index contributed by atoms with van der Waals surface area (Å²) in [5.74, 6) is -3.27. The first-order valence-corrected chi connectivity index (χ1v) is 13.1. The zero-order valence-electron chi connectivity index (χ0n) is 21.5. The van der Waals surface area contributed by atoms with Gasteiger partial charge in [0.25, 0.3) is 5.91 Å². The SMILES string of the molecule is CCC1CCOc2c(C(=O)N[C@H]3CN4C(N)=NC(CN5C(=O)CCC5=O)C5N=C(N)NC54C3(O)O)cccc21. The summed E-state index contributed by atoms with van der Waals surface area (Å²) in [6.07, 6.45) is 1.95. The first-order valence-electron chi connectivity index (χ1n) is 13.1. The molecule has 8 N–H and O–H groups in total. The Morgan fingerprint density at radius 2 is 1.97 bits per heavy atom. The number of hydrogen-bond acceptors (Lipinski definition) is 12. The van der Waals surface area contributed by atoms with E-state index in [-0.39, 0.29) is 55.6 Å². The van der Waals surface area contributed by atoms with Crippen molar-refractivity contribution in [1.82, 2.24) is 20.4 Å². The largest absolute Gasteiger partial charge is 0.492 e. The zero-order chi connectivity index (χ0) is 27.7. The third-order valence-electron chi connectivity index (χ3n) is 8.57. The molecule has 1 aromatic rings. The maximum atomic E-state index is 13.5. The van der Waals surface area contributed by atoms with Gasteiger partial charge in [-0.3, -0.25) is 19.3 Å². The van der Waals surface area contributed by atoms with Crippen molar-refractivity contribution >= 4 is 29.6 Å². The lowest BCUT2D eigenvalue weighted by Crippen LogP contribution is -2.78. The number of aliphatic imine (C=N–C) groups is 2. The van der Waals surface area contributed by atoms with E-state index in [9.17, 15) is 24.6 Å². The van der Waals surface area contributed by atoms with E-state index in [1.54, 1.807) is 12.1 Å². The molecule has 0 aromatic heterocycles. The Bertz CT molecular complexity index is 1300. The van der Waals surface area contributed by atoms with Gasteiger partial charge in [0.1, 0.15) is 17.8 Å². The van der Waals surface area contributed by atoms with Gasteiger partial charge >= 0.3 is 0 Å². The number of amides is 3. The zero-order valence-corrected chi connectivity index (χ0v) is 21.5. The molecule has 0 radical (unpaired) electrons. The summed E-state index contributed by atoms with van der Waals surface area (Å²) in [6, 6.07) is 2.19. The fraction of sp³-hybridized carbons (Fsp3) is 0.560. The number of rotatable bonds is 5. The number of hydrogen-bond donors (Lipinski definition) is 6. The van der Waals surface area contributed by atoms with Gasteiger partial charge in [-0.2, -0.15) is 0 Å². The Kier molecular flexibility index (Phi) is 5.73. The van der Waals surface area contributed by atoms with Crippen molar-refractivity contribution in [2.24, 2.45) is 21.5 Å². The Balaban J connectivity index is 1.31. The number of para-hydroxylation sites is 1. The normalized spacial score (nSPS) is 32.5. The first-order chi connectivity index (χ1) is 18.6. The highest BCUT2D eigenvalue weighted by Gasteiger charge is 2.73. The molecule has 1 aromatic carbocycles. The Labute approximate surface area is 224 Å². The number of nitrogens with zero attached hydrogens (tertiary/aromatic N) is 4. The van der Waals surface area contributed by atoms with Crippen LogP contribution in [0.1, 0.15) is 54.4 Å². The number of likely N-dealkylation sites (tertiary alicyclic amines) is 1. The summed E-state index contributed by atoms with van der Waals surface area (Å²) >= 11 is 0. The summed E-state index contributed by atoms with van der Waals surface area (Å²) in [5.41, 5.74) is 11.8. The molecule has 208 valence electrons. The molecule has 5 aliphatic heterocycles. The molecule has 2 fully saturated rings. The highest BCUT2D eigenvalue weighted by atomic mass is 16.5. The van der Waals surface area contributed by atoms with E-state index in [2.05, 4.69) is 27.5 Å². The van der Waals surface area contributed by atoms with Crippen molar-refractivity contribution in [2.75, 3.05) is 19.7 Å². The molecule has 5 aliphatic rings. The van der Waals surface area contributed by atoms with Crippen molar-refractivity contribution in [2.45, 2.75) is 68.1 Å². The lowest BCUT2D eigenvalue weighted by atomic mass is 9.84. The van der Waals surface area contributed by atoms with Crippen LogP contribution < -0.4 is 26.8 Å². The van der Waals surface area contributed by atoms with Gasteiger partial charge in [0.15, 0.2) is 17.6 Å². The average molecular weight is 541 g/mol. The van der Waals surface area contributed by atoms with E-state index in [1.165, 1.54) is 4.90 Å². The number of carbonyl (C=O) groups excluding carboxylic acids is 3. The molecule has 3 amide bonds. The fourth-order valence-electron chi connectivity index (χ4n) is 6.58. The lowest BCUT2D eigenvalue weighted by molar-refractivity contribution is -0.230. The van der Waals surface area contributed by atoms with Crippen LogP contribution in [0.5, 0.6) is 5.75 Å². The Morgan fingerprint density at radius 1 is 1.23 bits per heavy atom. The third kappa shape index (κ3) is 3.58. The monoisotopic (exact) mass is 540 g/mol. The highest BCUT2D eigenvalue weighted by molar-refractivity contribution is 6.02. The van der Waals surface area contributed by atoms with Crippen molar-refractivity contribution < 1.29 is 29.3 Å². The van der Waals surface area contributed by atoms with Gasteiger partial charge in [0.05, 0.1) is 24.8 Å². The van der Waals surface area contributed by atoms with Crippen LogP contribution in [0.15, 0.2) is 28.2 Å². The minimum Gasteiger partial charge on any atom is -0.492 e. The summed E-state index contributed by atoms with van der Waals surface area (Å²) in [7, 11) is 0. The molecule has 39 heavy (non-hydrogen) atoms. The maximum Gasteiger partial charge on any atom is 0.255 e. The standard InChI is InChI=1S/C25H32N8O6/c1-2-12-8-9-39-19-13(12)4-3-5-14(19)21(36)29-16-11-33-23(27)28-15(10-32-17(34)6-7-18(32)35)20-24(33,25(16,37)38)31-22(26)30-20/h3-5,12,15-16,20,37-38H,2,6-11H2,1H3,(H2,27,28)(H,29,36)(H3,26,30,31)/t12?,15?,16-,20?,24?/m0/s1. The number of nitrogens with two attached hydrogens (primary N) is 2. The highest BCUT2D eigenvalue weighted by Crippen LogP contribution is 2.45. The number of nitrogens with one attached hydrogen (secondary N) is 2. The van der Waals surface area contributed by atoms with E-state index in [0.717, 1.165) is 23.3 Å². The first kappa shape index (κ1) is 25.4. The van der Waals surface area contributed by atoms with E-state index < -0.39 is 35.5 Å². The van der Waals surface area contributed by atoms with E-state index in [1.807, 2.05) is 6.07 Å². The summed E-state index contributed by atoms with van der Waals surface area (Å²) in [4.78, 5) is 49.4. The molecular weight excluding hydrogens is 508 g/mol. The Morgan fingerprint density at radius 3 is 2.69 bits per heavy atom. The number of guanidine groups is 2. The molecule has 5 heterocycles. The van der Waals surface area contributed by atoms with Crippen LogP contribution in [0.4, 0.5) is 0 Å². The van der Waals surface area contributed by atoms with Gasteiger partial charge in [-0.25, -0.2) is 9.98 Å². The summed E-state index contributed by atoms with van der Waals surface area (Å²) in [6.45, 7) is 2.30. The predicted molar refractivity (Wildman–Crippen MR) is 137 cm³/mol. The molecule has 1 spiro atoms. The van der Waals surface area contributed by atoms with Crippen LogP contribution >= 0.6 is 0 Å². The van der Waals surface area contributed by atoms with Gasteiger partial charge in [0.2, 0.25) is 17.6 Å². The van der Waals surface area contributed by atoms with Gasteiger partial charge in [-0.05, 0) is 30.4 Å². The second kappa shape index (κ2) is 8.81. The lowest BCUT2D eigenvalue weighted by Gasteiger charge is -2.49. The molecule has 14 heteroatoms. The average Bonchev–Trinajstić information content (AvgIpc) is 3.50. The predicted octanol–water partition coefficient (Wildman–Crippen LogP) is -2.11. The van der Waals surface area contributed by atoms with Crippen molar-refractivity contribution in [3.8, 4) is 5.75 Å². The number of fused-ring (bicyclic) bond motifs is 1. The van der Waals surface area contributed by atoms with Crippen LogP contribution in [0, 0.1) is 0 Å². The van der Waals surface area contributed by atoms with Crippen LogP contribution in [0.25, 0.3) is 0 Å². The topological polar surface area (TPSA) is 208 Å². The second-order valence-corrected chi connectivity index (χ2v) is 10.6. The number of benzene rings is 1. The molecule has 4 unspecified atom stereocenters. The maximum absolute atomic E-state index is 13.5. The summed E-state index contributed by atoms with van der Waals surface area (Å²) < 4.78 is 5.87. The molecule has 0 bridgehead atoms. The minimum absolute atomic E-state index is 0.0665. The van der Waals surface area contributed by atoms with Crippen molar-refractivity contribution in [3.63, 3.8) is 0 Å². The molecule has 5 atom stereocenters. The van der Waals surface area contributed by atoms with Crippen molar-refractivity contribution in [3.05, 3.63) is 29.3 Å². The van der Waals surface area contributed by atoms with Gasteiger partial charge < -0.3 is 42.0 Å². The summed E-state index contributed by atoms with van der Waals surface area (Å²) in [5, 5.41) is 28.9. The van der Waals surface area contributed by atoms with Gasteiger partial charge in [-0.15, -0.1) is 0 Å². The van der Waals surface area contributed by atoms with Crippen LogP contribution in [0.3, 0.4) is 0 Å². The number of aliphatic hydroxyl groups is 2. The molecule has 0 saturated carbocycles. The minimum atomic E-state index is -2.64. The van der Waals surface area contributed by atoms with Gasteiger partial charge in [-0.1, -0.05) is 19.1 Å². The van der Waals surface area contributed by atoms with Crippen LogP contribution in [-0.4, -0.2) is 98.9 Å². The number of imide groups is 1. The smallest absolute Gasteiger partial charge is 0.255 e. The van der Waals surface area contributed by atoms with Gasteiger partial charge in [0, 0.05) is 19.4 Å². The molecular formula is C25H32N8O6. The molecule has 14 nitrogen and oxygen atoms in total. The van der Waals surface area contributed by atoms with E-state index >= 15 is 0 Å². The fourth-order valence-corrected chi connectivity index (χ4v) is 6.58. The third-order valence-corrected chi connectivity index (χ3v) is 8.57. The second-order valence-electron chi connectivity index (χ2n) is 10.6. The quantitative estimate of drug-likeness (QED) is 0.177. The molecule has 6 rings (SSSR count). The number of carbonyl (C=O) groups is 3. The Hall–Kier alpha value is -3.91. The number of ether oxygens (including phenoxy) is 1. The van der Waals surface area contributed by atoms with Crippen LogP contribution in [0.2, 0.25) is 0 Å². The van der Waals surface area contributed by atoms with E-state index in [0.29, 0.717) is 17.9 Å². The van der Waals surface area contributed by atoms with Crippen LogP contribution in [-0.2, 0) is 9.59 Å². The molecule has 0 aliphatic carbocycles. The van der Waals surface area contributed by atoms with E-state index in [4.69, 9.17) is 16.2 Å². The molecule has 2 saturated heterocycles.